The number of hydrogen-bond donors (Lipinski definition) is 8. The first-order valence-corrected chi connectivity index (χ1v) is 10.9. The van der Waals surface area contributed by atoms with Crippen molar-refractivity contribution >= 4 is 17.8 Å². The summed E-state index contributed by atoms with van der Waals surface area (Å²) in [6.07, 6.45) is -5.34. The van der Waals surface area contributed by atoms with Gasteiger partial charge in [-0.2, -0.15) is 0 Å². The largest absolute Gasteiger partial charge is 0.479 e. The number of aliphatic hydroxyl groups excluding tert-OH is 3. The van der Waals surface area contributed by atoms with Gasteiger partial charge in [0.1, 0.15) is 24.4 Å². The van der Waals surface area contributed by atoms with Gasteiger partial charge in [-0.1, -0.05) is 20.3 Å². The van der Waals surface area contributed by atoms with E-state index in [1.54, 1.807) is 0 Å². The van der Waals surface area contributed by atoms with E-state index in [4.69, 9.17) is 21.3 Å². The molecule has 0 aromatic rings. The molecule has 1 aliphatic rings. The van der Waals surface area contributed by atoms with Crippen molar-refractivity contribution in [2.45, 2.75) is 88.6 Å². The zero-order valence-electron chi connectivity index (χ0n) is 18.6. The smallest absolute Gasteiger partial charge is 0.332 e. The number of nitrogens with two attached hydrogens (primary N) is 2. The lowest BCUT2D eigenvalue weighted by molar-refractivity contribution is -0.208. The zero-order valence-corrected chi connectivity index (χ0v) is 18.6. The Bertz CT molecular complexity index is 620. The second-order valence-electron chi connectivity index (χ2n) is 8.62. The molecule has 12 nitrogen and oxygen atoms in total. The van der Waals surface area contributed by atoms with E-state index in [0.717, 1.165) is 6.42 Å². The van der Waals surface area contributed by atoms with Crippen LogP contribution in [0, 0.1) is 5.92 Å². The third-order valence-electron chi connectivity index (χ3n) is 5.29. The number of nitrogens with one attached hydrogen (secondary N) is 2. The Kier molecular flexibility index (Phi) is 12.0. The Morgan fingerprint density at radius 3 is 2.38 bits per heavy atom. The van der Waals surface area contributed by atoms with Crippen molar-refractivity contribution in [1.82, 2.24) is 10.6 Å². The summed E-state index contributed by atoms with van der Waals surface area (Å²) in [4.78, 5) is 36.2. The van der Waals surface area contributed by atoms with Gasteiger partial charge in [0.05, 0.1) is 12.1 Å². The lowest BCUT2D eigenvalue weighted by Gasteiger charge is -2.37. The molecule has 1 rings (SSSR count). The standard InChI is InChI=1S/C20H38N4O8/c1-10(2)7-12(24-18(28)11(22)5-3-4-6-21)19(29)23-9-14(26)17-16(27)13(25)8-15(32-17)20(30)31/h10-17,25-27H,3-9,21-22H2,1-2H3,(H,23,29)(H,24,28)(H,30,31)/t11-,12-,13+,14+,15-,16+,17+/m0/s1. The van der Waals surface area contributed by atoms with E-state index in [1.807, 2.05) is 13.8 Å². The molecule has 1 aliphatic heterocycles. The van der Waals surface area contributed by atoms with E-state index in [-0.39, 0.29) is 18.9 Å². The molecule has 12 heteroatoms. The zero-order chi connectivity index (χ0) is 24.4. The van der Waals surface area contributed by atoms with Crippen LogP contribution in [-0.4, -0.2) is 93.9 Å². The fourth-order valence-electron chi connectivity index (χ4n) is 3.45. The number of amides is 2. The normalized spacial score (nSPS) is 26.2. The fraction of sp³-hybridized carbons (Fsp3) is 0.850. The molecule has 0 radical (unpaired) electrons. The molecule has 0 spiro atoms. The Morgan fingerprint density at radius 2 is 1.81 bits per heavy atom. The van der Waals surface area contributed by atoms with Gasteiger partial charge >= 0.3 is 5.97 Å². The number of aliphatic hydroxyl groups is 3. The maximum absolute atomic E-state index is 12.7. The van der Waals surface area contributed by atoms with Crippen molar-refractivity contribution in [3.8, 4) is 0 Å². The highest BCUT2D eigenvalue weighted by atomic mass is 16.5. The number of carbonyl (C=O) groups is 3. The number of ether oxygens (including phenoxy) is 1. The van der Waals surface area contributed by atoms with Crippen LogP contribution < -0.4 is 22.1 Å². The molecule has 0 bridgehead atoms. The SMILES string of the molecule is CC(C)C[C@H](NC(=O)[C@@H](N)CCCCN)C(=O)NC[C@@H](O)[C@H]1O[C@H](C(=O)O)C[C@@H](O)[C@H]1O. The van der Waals surface area contributed by atoms with Crippen molar-refractivity contribution in [3.63, 3.8) is 0 Å². The average molecular weight is 463 g/mol. The summed E-state index contributed by atoms with van der Waals surface area (Å²) in [6.45, 7) is 3.87. The van der Waals surface area contributed by atoms with Crippen LogP contribution in [0.25, 0.3) is 0 Å². The molecular formula is C20H38N4O8. The van der Waals surface area contributed by atoms with Crippen LogP contribution in [0.1, 0.15) is 46.0 Å². The second kappa shape index (κ2) is 13.7. The number of carboxylic acids is 1. The lowest BCUT2D eigenvalue weighted by atomic mass is 9.94. The number of aliphatic carboxylic acids is 1. The number of carbonyl (C=O) groups excluding carboxylic acids is 2. The topological polar surface area (TPSA) is 217 Å². The number of carboxylic acid groups (broad SMARTS) is 1. The van der Waals surface area contributed by atoms with E-state index in [2.05, 4.69) is 10.6 Å². The first kappa shape index (κ1) is 28.2. The van der Waals surface area contributed by atoms with Crippen LogP contribution >= 0.6 is 0 Å². The summed E-state index contributed by atoms with van der Waals surface area (Å²) in [5.74, 6) is -2.30. The van der Waals surface area contributed by atoms with Gasteiger partial charge in [-0.15, -0.1) is 0 Å². The van der Waals surface area contributed by atoms with Crippen LogP contribution in [0.15, 0.2) is 0 Å². The number of unbranched alkanes of at least 4 members (excludes halogenated alkanes) is 1. The van der Waals surface area contributed by atoms with E-state index in [9.17, 15) is 29.7 Å². The highest BCUT2D eigenvalue weighted by Crippen LogP contribution is 2.23. The Hall–Kier alpha value is -1.83. The predicted octanol–water partition coefficient (Wildman–Crippen LogP) is -2.59. The molecule has 0 unspecified atom stereocenters. The van der Waals surface area contributed by atoms with Gasteiger partial charge in [-0.25, -0.2) is 4.79 Å². The molecule has 2 amide bonds. The number of rotatable bonds is 13. The summed E-state index contributed by atoms with van der Waals surface area (Å²) < 4.78 is 5.19. The van der Waals surface area contributed by atoms with Crippen molar-refractivity contribution in [2.75, 3.05) is 13.1 Å². The van der Waals surface area contributed by atoms with Gasteiger partial charge in [0.2, 0.25) is 11.8 Å². The molecule has 0 saturated carbocycles. The molecule has 0 aromatic carbocycles. The number of hydrogen-bond acceptors (Lipinski definition) is 9. The van der Waals surface area contributed by atoms with Gasteiger partial charge in [-0.05, 0) is 31.7 Å². The van der Waals surface area contributed by atoms with Crippen molar-refractivity contribution in [2.24, 2.45) is 17.4 Å². The van der Waals surface area contributed by atoms with E-state index < -0.39 is 60.4 Å². The molecule has 0 aliphatic carbocycles. The molecule has 1 fully saturated rings. The van der Waals surface area contributed by atoms with Gasteiger partial charge in [0.15, 0.2) is 6.10 Å². The minimum absolute atomic E-state index is 0.0689. The van der Waals surface area contributed by atoms with Gasteiger partial charge in [0.25, 0.3) is 0 Å². The molecule has 186 valence electrons. The minimum atomic E-state index is -1.52. The Balaban J connectivity index is 2.69. The quantitative estimate of drug-likeness (QED) is 0.134. The maximum Gasteiger partial charge on any atom is 0.332 e. The molecule has 10 N–H and O–H groups in total. The summed E-state index contributed by atoms with van der Waals surface area (Å²) >= 11 is 0. The molecule has 7 atom stereocenters. The second-order valence-corrected chi connectivity index (χ2v) is 8.62. The predicted molar refractivity (Wildman–Crippen MR) is 114 cm³/mol. The monoisotopic (exact) mass is 462 g/mol. The minimum Gasteiger partial charge on any atom is -0.479 e. The highest BCUT2D eigenvalue weighted by Gasteiger charge is 2.43. The van der Waals surface area contributed by atoms with Crippen LogP contribution in [0.5, 0.6) is 0 Å². The van der Waals surface area contributed by atoms with Crippen molar-refractivity contribution in [3.05, 3.63) is 0 Å². The third-order valence-corrected chi connectivity index (χ3v) is 5.29. The fourth-order valence-corrected chi connectivity index (χ4v) is 3.45. The van der Waals surface area contributed by atoms with Gasteiger partial charge in [-0.3, -0.25) is 9.59 Å². The van der Waals surface area contributed by atoms with Crippen LogP contribution in [0.3, 0.4) is 0 Å². The molecular weight excluding hydrogens is 424 g/mol. The van der Waals surface area contributed by atoms with Crippen LogP contribution in [0.4, 0.5) is 0 Å². The van der Waals surface area contributed by atoms with Crippen molar-refractivity contribution < 1.29 is 39.5 Å². The van der Waals surface area contributed by atoms with E-state index in [0.29, 0.717) is 25.8 Å². The Morgan fingerprint density at radius 1 is 1.16 bits per heavy atom. The molecule has 0 aromatic heterocycles. The molecule has 32 heavy (non-hydrogen) atoms. The van der Waals surface area contributed by atoms with E-state index in [1.165, 1.54) is 0 Å². The molecule has 1 heterocycles. The highest BCUT2D eigenvalue weighted by molar-refractivity contribution is 5.89. The summed E-state index contributed by atoms with van der Waals surface area (Å²) in [6, 6.07) is -1.68. The molecule has 1 saturated heterocycles. The van der Waals surface area contributed by atoms with E-state index >= 15 is 0 Å². The summed E-state index contributed by atoms with van der Waals surface area (Å²) in [5.41, 5.74) is 11.3. The summed E-state index contributed by atoms with van der Waals surface area (Å²) in [5, 5.41) is 44.4. The average Bonchev–Trinajstić information content (AvgIpc) is 2.72. The van der Waals surface area contributed by atoms with Crippen molar-refractivity contribution in [1.29, 1.82) is 0 Å². The van der Waals surface area contributed by atoms with Crippen LogP contribution in [0.2, 0.25) is 0 Å². The summed E-state index contributed by atoms with van der Waals surface area (Å²) in [7, 11) is 0. The van der Waals surface area contributed by atoms with Gasteiger partial charge in [0, 0.05) is 13.0 Å². The van der Waals surface area contributed by atoms with Gasteiger partial charge < -0.3 is 47.3 Å². The third kappa shape index (κ3) is 8.96. The maximum atomic E-state index is 12.7. The first-order chi connectivity index (χ1) is 15.0. The lowest BCUT2D eigenvalue weighted by Crippen LogP contribution is -2.58. The Labute approximate surface area is 187 Å². The van der Waals surface area contributed by atoms with Crippen LogP contribution in [-0.2, 0) is 19.1 Å². The first-order valence-electron chi connectivity index (χ1n) is 10.9.